The molecule has 110 valence electrons. The summed E-state index contributed by atoms with van der Waals surface area (Å²) in [5.41, 5.74) is 0.572. The SMILES string of the molecule is CNCC1CCCN(CC(=O)Nc2cccnc2Cl)C1. The van der Waals surface area contributed by atoms with Gasteiger partial charge in [0.05, 0.1) is 12.2 Å². The van der Waals surface area contributed by atoms with Gasteiger partial charge in [-0.15, -0.1) is 0 Å². The minimum atomic E-state index is -0.0370. The fourth-order valence-electron chi connectivity index (χ4n) is 2.62. The van der Waals surface area contributed by atoms with Crippen molar-refractivity contribution >= 4 is 23.2 Å². The minimum absolute atomic E-state index is 0.0370. The van der Waals surface area contributed by atoms with Crippen molar-refractivity contribution in [1.82, 2.24) is 15.2 Å². The van der Waals surface area contributed by atoms with Crippen LogP contribution in [-0.4, -0.2) is 49.0 Å². The molecule has 1 aromatic rings. The summed E-state index contributed by atoms with van der Waals surface area (Å²) in [4.78, 5) is 18.2. The van der Waals surface area contributed by atoms with Crippen molar-refractivity contribution in [1.29, 1.82) is 0 Å². The number of rotatable bonds is 5. The van der Waals surface area contributed by atoms with Crippen LogP contribution in [0, 0.1) is 5.92 Å². The van der Waals surface area contributed by atoms with Gasteiger partial charge in [0.25, 0.3) is 0 Å². The first kappa shape index (κ1) is 15.2. The second-order valence-corrected chi connectivity index (χ2v) is 5.55. The first-order valence-electron chi connectivity index (χ1n) is 6.96. The molecule has 1 aliphatic rings. The number of nitrogens with one attached hydrogen (secondary N) is 2. The highest BCUT2D eigenvalue weighted by atomic mass is 35.5. The predicted octanol–water partition coefficient (Wildman–Crippen LogP) is 1.60. The van der Waals surface area contributed by atoms with E-state index in [0.717, 1.165) is 26.1 Å². The highest BCUT2D eigenvalue weighted by molar-refractivity contribution is 6.32. The molecule has 1 fully saturated rings. The number of nitrogens with zero attached hydrogens (tertiary/aromatic N) is 2. The number of hydrogen-bond acceptors (Lipinski definition) is 4. The van der Waals surface area contributed by atoms with Crippen molar-refractivity contribution in [3.05, 3.63) is 23.5 Å². The van der Waals surface area contributed by atoms with Gasteiger partial charge in [0.15, 0.2) is 5.15 Å². The summed E-state index contributed by atoms with van der Waals surface area (Å²) in [6.45, 7) is 3.36. The second kappa shape index (κ2) is 7.57. The second-order valence-electron chi connectivity index (χ2n) is 5.19. The highest BCUT2D eigenvalue weighted by Crippen LogP contribution is 2.18. The lowest BCUT2D eigenvalue weighted by Crippen LogP contribution is -2.42. The number of hydrogen-bond donors (Lipinski definition) is 2. The lowest BCUT2D eigenvalue weighted by molar-refractivity contribution is -0.117. The molecular formula is C14H21ClN4O. The van der Waals surface area contributed by atoms with Crippen LogP contribution in [0.3, 0.4) is 0 Å². The molecule has 1 aromatic heterocycles. The summed E-state index contributed by atoms with van der Waals surface area (Å²) >= 11 is 5.93. The fourth-order valence-corrected chi connectivity index (χ4v) is 2.79. The molecule has 1 unspecified atom stereocenters. The summed E-state index contributed by atoms with van der Waals surface area (Å²) in [7, 11) is 1.97. The van der Waals surface area contributed by atoms with Crippen LogP contribution in [0.2, 0.25) is 5.15 Å². The van der Waals surface area contributed by atoms with Gasteiger partial charge in [-0.05, 0) is 51.0 Å². The zero-order valence-electron chi connectivity index (χ0n) is 11.7. The quantitative estimate of drug-likeness (QED) is 0.811. The normalized spacial score (nSPS) is 19.8. The molecule has 2 heterocycles. The topological polar surface area (TPSA) is 57.3 Å². The summed E-state index contributed by atoms with van der Waals surface area (Å²) in [6, 6.07) is 3.51. The Balaban J connectivity index is 1.84. The van der Waals surface area contributed by atoms with E-state index < -0.39 is 0 Å². The number of carbonyl (C=O) groups excluding carboxylic acids is 1. The first-order chi connectivity index (χ1) is 9.69. The third-order valence-electron chi connectivity index (χ3n) is 3.50. The van der Waals surface area contributed by atoms with Crippen LogP contribution in [0.5, 0.6) is 0 Å². The molecule has 1 saturated heterocycles. The fraction of sp³-hybridized carbons (Fsp3) is 0.571. The monoisotopic (exact) mass is 296 g/mol. The van der Waals surface area contributed by atoms with Crippen molar-refractivity contribution < 1.29 is 4.79 Å². The van der Waals surface area contributed by atoms with E-state index in [0.29, 0.717) is 23.3 Å². The summed E-state index contributed by atoms with van der Waals surface area (Å²) in [6.07, 6.45) is 3.98. The van der Waals surface area contributed by atoms with Gasteiger partial charge < -0.3 is 10.6 Å². The van der Waals surface area contributed by atoms with Crippen LogP contribution in [0.25, 0.3) is 0 Å². The Morgan fingerprint density at radius 1 is 1.60 bits per heavy atom. The van der Waals surface area contributed by atoms with E-state index in [2.05, 4.69) is 20.5 Å². The van der Waals surface area contributed by atoms with Crippen molar-refractivity contribution in [2.24, 2.45) is 5.92 Å². The van der Waals surface area contributed by atoms with Gasteiger partial charge in [0.2, 0.25) is 5.91 Å². The standard InChI is InChI=1S/C14H21ClN4O/c1-16-8-11-4-3-7-19(9-11)10-13(20)18-12-5-2-6-17-14(12)15/h2,5-6,11,16H,3-4,7-10H2,1H3,(H,18,20). The minimum Gasteiger partial charge on any atom is -0.322 e. The molecule has 6 heteroatoms. The Bertz CT molecular complexity index is 453. The molecule has 0 aromatic carbocycles. The van der Waals surface area contributed by atoms with Gasteiger partial charge in [0.1, 0.15) is 0 Å². The molecule has 0 bridgehead atoms. The largest absolute Gasteiger partial charge is 0.322 e. The van der Waals surface area contributed by atoms with Gasteiger partial charge >= 0.3 is 0 Å². The van der Waals surface area contributed by atoms with Crippen LogP contribution >= 0.6 is 11.6 Å². The number of piperidine rings is 1. The Labute approximate surface area is 124 Å². The lowest BCUT2D eigenvalue weighted by atomic mass is 9.98. The van der Waals surface area contributed by atoms with Crippen LogP contribution in [0.4, 0.5) is 5.69 Å². The average Bonchev–Trinajstić information content (AvgIpc) is 2.42. The molecule has 1 atom stereocenters. The molecule has 2 rings (SSSR count). The molecular weight excluding hydrogens is 276 g/mol. The average molecular weight is 297 g/mol. The van der Waals surface area contributed by atoms with E-state index in [-0.39, 0.29) is 5.91 Å². The predicted molar refractivity (Wildman–Crippen MR) is 81.0 cm³/mol. The maximum absolute atomic E-state index is 12.0. The summed E-state index contributed by atoms with van der Waals surface area (Å²) < 4.78 is 0. The van der Waals surface area contributed by atoms with Crippen LogP contribution in [0.15, 0.2) is 18.3 Å². The van der Waals surface area contributed by atoms with E-state index in [1.54, 1.807) is 18.3 Å². The molecule has 20 heavy (non-hydrogen) atoms. The Kier molecular flexibility index (Phi) is 5.76. The maximum atomic E-state index is 12.0. The van der Waals surface area contributed by atoms with Crippen LogP contribution in [-0.2, 0) is 4.79 Å². The van der Waals surface area contributed by atoms with E-state index >= 15 is 0 Å². The van der Waals surface area contributed by atoms with E-state index in [1.807, 2.05) is 7.05 Å². The van der Waals surface area contributed by atoms with E-state index in [1.165, 1.54) is 6.42 Å². The first-order valence-corrected chi connectivity index (χ1v) is 7.34. The number of aromatic nitrogens is 1. The van der Waals surface area contributed by atoms with Gasteiger partial charge in [-0.2, -0.15) is 0 Å². The molecule has 0 saturated carbocycles. The number of anilines is 1. The van der Waals surface area contributed by atoms with Crippen molar-refractivity contribution in [2.75, 3.05) is 38.5 Å². The van der Waals surface area contributed by atoms with Gasteiger partial charge in [-0.25, -0.2) is 4.98 Å². The Morgan fingerprint density at radius 3 is 3.20 bits per heavy atom. The van der Waals surface area contributed by atoms with E-state index in [9.17, 15) is 4.79 Å². The van der Waals surface area contributed by atoms with E-state index in [4.69, 9.17) is 11.6 Å². The maximum Gasteiger partial charge on any atom is 0.238 e. The molecule has 0 radical (unpaired) electrons. The smallest absolute Gasteiger partial charge is 0.238 e. The van der Waals surface area contributed by atoms with Crippen LogP contribution in [0.1, 0.15) is 12.8 Å². The number of carbonyl (C=O) groups is 1. The summed E-state index contributed by atoms with van der Waals surface area (Å²) in [5.74, 6) is 0.591. The molecule has 1 amide bonds. The third kappa shape index (κ3) is 4.44. The lowest BCUT2D eigenvalue weighted by Gasteiger charge is -2.32. The molecule has 2 N–H and O–H groups in total. The summed E-state index contributed by atoms with van der Waals surface area (Å²) in [5, 5.41) is 6.35. The number of likely N-dealkylation sites (tertiary alicyclic amines) is 1. The van der Waals surface area contributed by atoms with Gasteiger partial charge in [0, 0.05) is 12.7 Å². The number of amides is 1. The molecule has 0 spiro atoms. The van der Waals surface area contributed by atoms with Crippen molar-refractivity contribution in [3.63, 3.8) is 0 Å². The van der Waals surface area contributed by atoms with Crippen LogP contribution < -0.4 is 10.6 Å². The van der Waals surface area contributed by atoms with Crippen molar-refractivity contribution in [2.45, 2.75) is 12.8 Å². The van der Waals surface area contributed by atoms with Gasteiger partial charge in [-0.1, -0.05) is 11.6 Å². The zero-order chi connectivity index (χ0) is 14.4. The third-order valence-corrected chi connectivity index (χ3v) is 3.80. The Morgan fingerprint density at radius 2 is 2.45 bits per heavy atom. The highest BCUT2D eigenvalue weighted by Gasteiger charge is 2.21. The zero-order valence-corrected chi connectivity index (χ0v) is 12.5. The molecule has 0 aliphatic carbocycles. The number of pyridine rings is 1. The number of halogens is 1. The molecule has 1 aliphatic heterocycles. The molecule has 5 nitrogen and oxygen atoms in total. The van der Waals surface area contributed by atoms with Gasteiger partial charge in [-0.3, -0.25) is 9.69 Å². The van der Waals surface area contributed by atoms with Crippen molar-refractivity contribution in [3.8, 4) is 0 Å². The Hall–Kier alpha value is -1.17.